The van der Waals surface area contributed by atoms with Gasteiger partial charge in [-0.2, -0.15) is 0 Å². The number of fused-ring (bicyclic) bond motifs is 1. The number of aliphatic hydroxyl groups is 1. The van der Waals surface area contributed by atoms with Crippen molar-refractivity contribution in [3.8, 4) is 5.75 Å². The van der Waals surface area contributed by atoms with E-state index < -0.39 is 6.10 Å². The Morgan fingerprint density at radius 1 is 1.40 bits per heavy atom. The number of rotatable bonds is 6. The Labute approximate surface area is 123 Å². The maximum absolute atomic E-state index is 9.99. The first kappa shape index (κ1) is 15.2. The van der Waals surface area contributed by atoms with Crippen molar-refractivity contribution in [2.24, 2.45) is 0 Å². The summed E-state index contributed by atoms with van der Waals surface area (Å²) < 4.78 is 12.6. The molecule has 0 saturated heterocycles. The number of ether oxygens (including phenoxy) is 2. The van der Waals surface area contributed by atoms with Gasteiger partial charge in [0.15, 0.2) is 0 Å². The molecule has 1 aromatic heterocycles. The molecule has 0 aliphatic rings. The lowest BCUT2D eigenvalue weighted by Crippen LogP contribution is -2.04. The van der Waals surface area contributed by atoms with Gasteiger partial charge >= 0.3 is 0 Å². The molecular formula is C15H20ClNO3. The maximum atomic E-state index is 9.99. The highest BCUT2D eigenvalue weighted by molar-refractivity contribution is 6.32. The van der Waals surface area contributed by atoms with E-state index in [1.807, 2.05) is 29.7 Å². The molecule has 0 aliphatic heterocycles. The summed E-state index contributed by atoms with van der Waals surface area (Å²) >= 11 is 6.42. The quantitative estimate of drug-likeness (QED) is 0.889. The molecule has 20 heavy (non-hydrogen) atoms. The van der Waals surface area contributed by atoms with Crippen LogP contribution in [0.1, 0.15) is 25.5 Å². The molecule has 0 radical (unpaired) electrons. The van der Waals surface area contributed by atoms with Gasteiger partial charge in [0, 0.05) is 30.1 Å². The minimum atomic E-state index is -0.634. The third-order valence-electron chi connectivity index (χ3n) is 3.26. The van der Waals surface area contributed by atoms with Crippen molar-refractivity contribution in [1.82, 2.24) is 4.57 Å². The van der Waals surface area contributed by atoms with Gasteiger partial charge in [-0.05, 0) is 32.0 Å². The number of aromatic nitrogens is 1. The van der Waals surface area contributed by atoms with Crippen molar-refractivity contribution in [2.75, 3.05) is 20.3 Å². The van der Waals surface area contributed by atoms with Crippen LogP contribution in [-0.2, 0) is 11.3 Å². The number of methoxy groups -OCH3 is 1. The molecule has 0 saturated carbocycles. The fourth-order valence-corrected chi connectivity index (χ4v) is 2.82. The second-order valence-electron chi connectivity index (χ2n) is 4.64. The predicted molar refractivity (Wildman–Crippen MR) is 80.6 cm³/mol. The molecular weight excluding hydrogens is 278 g/mol. The summed E-state index contributed by atoms with van der Waals surface area (Å²) in [4.78, 5) is 0. The number of nitrogens with zero attached hydrogens (tertiary/aromatic N) is 1. The lowest BCUT2D eigenvalue weighted by molar-refractivity contribution is 0.187. The molecule has 0 fully saturated rings. The minimum absolute atomic E-state index is 0.556. The highest BCUT2D eigenvalue weighted by atomic mass is 35.5. The van der Waals surface area contributed by atoms with E-state index in [9.17, 15) is 5.11 Å². The first-order valence-electron chi connectivity index (χ1n) is 6.71. The zero-order valence-corrected chi connectivity index (χ0v) is 12.8. The average molecular weight is 298 g/mol. The van der Waals surface area contributed by atoms with Gasteiger partial charge in [-0.3, -0.25) is 0 Å². The van der Waals surface area contributed by atoms with Gasteiger partial charge in [0.05, 0.1) is 19.3 Å². The highest BCUT2D eigenvalue weighted by Crippen LogP contribution is 2.36. The van der Waals surface area contributed by atoms with Gasteiger partial charge in [-0.15, -0.1) is 0 Å². The smallest absolute Gasteiger partial charge is 0.120 e. The van der Waals surface area contributed by atoms with E-state index in [0.717, 1.165) is 22.2 Å². The standard InChI is InChI=1S/C15H20ClNO3/c1-4-20-11-5-6-13-12(9-11)14(10(2)18)15(16)17(13)7-8-19-3/h5-6,9-10,18H,4,7-8H2,1-3H3. The lowest BCUT2D eigenvalue weighted by atomic mass is 10.1. The number of aliphatic hydroxyl groups excluding tert-OH is 1. The largest absolute Gasteiger partial charge is 0.494 e. The number of halogens is 1. The Morgan fingerprint density at radius 2 is 2.15 bits per heavy atom. The number of hydrogen-bond donors (Lipinski definition) is 1. The van der Waals surface area contributed by atoms with Crippen LogP contribution in [0.2, 0.25) is 5.15 Å². The molecule has 1 aromatic carbocycles. The van der Waals surface area contributed by atoms with Crippen LogP contribution in [-0.4, -0.2) is 30.0 Å². The molecule has 1 atom stereocenters. The second-order valence-corrected chi connectivity index (χ2v) is 4.99. The van der Waals surface area contributed by atoms with Gasteiger partial charge in [0.1, 0.15) is 10.9 Å². The summed E-state index contributed by atoms with van der Waals surface area (Å²) in [6.45, 7) is 5.47. The predicted octanol–water partition coefficient (Wildman–Crippen LogP) is 3.39. The van der Waals surface area contributed by atoms with Crippen LogP contribution in [0.3, 0.4) is 0 Å². The highest BCUT2D eigenvalue weighted by Gasteiger charge is 2.19. The van der Waals surface area contributed by atoms with E-state index in [4.69, 9.17) is 21.1 Å². The van der Waals surface area contributed by atoms with Crippen LogP contribution in [0.4, 0.5) is 0 Å². The van der Waals surface area contributed by atoms with E-state index in [1.54, 1.807) is 14.0 Å². The van der Waals surface area contributed by atoms with Gasteiger partial charge in [-0.1, -0.05) is 11.6 Å². The van der Waals surface area contributed by atoms with Gasteiger partial charge < -0.3 is 19.1 Å². The van der Waals surface area contributed by atoms with Crippen LogP contribution in [0.15, 0.2) is 18.2 Å². The van der Waals surface area contributed by atoms with Crippen molar-refractivity contribution in [3.63, 3.8) is 0 Å². The first-order valence-corrected chi connectivity index (χ1v) is 7.09. The molecule has 2 aromatic rings. The molecule has 1 N–H and O–H groups in total. The molecule has 0 spiro atoms. The Hall–Kier alpha value is -1.23. The number of benzene rings is 1. The van der Waals surface area contributed by atoms with E-state index >= 15 is 0 Å². The summed E-state index contributed by atoms with van der Waals surface area (Å²) in [7, 11) is 1.66. The molecule has 0 amide bonds. The molecule has 1 unspecified atom stereocenters. The molecule has 110 valence electrons. The Morgan fingerprint density at radius 3 is 2.75 bits per heavy atom. The topological polar surface area (TPSA) is 43.6 Å². The summed E-state index contributed by atoms with van der Waals surface area (Å²) in [6.07, 6.45) is -0.634. The van der Waals surface area contributed by atoms with Crippen LogP contribution in [0, 0.1) is 0 Å². The molecule has 2 rings (SSSR count). The van der Waals surface area contributed by atoms with Crippen LogP contribution in [0.5, 0.6) is 5.75 Å². The van der Waals surface area contributed by atoms with E-state index in [1.165, 1.54) is 0 Å². The van der Waals surface area contributed by atoms with Crippen molar-refractivity contribution >= 4 is 22.5 Å². The van der Waals surface area contributed by atoms with Crippen LogP contribution >= 0.6 is 11.6 Å². The van der Waals surface area contributed by atoms with Crippen molar-refractivity contribution < 1.29 is 14.6 Å². The molecule has 5 heteroatoms. The van der Waals surface area contributed by atoms with Crippen molar-refractivity contribution in [3.05, 3.63) is 28.9 Å². The zero-order valence-electron chi connectivity index (χ0n) is 12.0. The SMILES string of the molecule is CCOc1ccc2c(c1)c(C(C)O)c(Cl)n2CCOC. The summed E-state index contributed by atoms with van der Waals surface area (Å²) in [5.41, 5.74) is 1.71. The fourth-order valence-electron chi connectivity index (χ4n) is 2.38. The average Bonchev–Trinajstić information content (AvgIpc) is 2.68. The third kappa shape index (κ3) is 2.77. The minimum Gasteiger partial charge on any atom is -0.494 e. The van der Waals surface area contributed by atoms with Crippen LogP contribution < -0.4 is 4.74 Å². The Bertz CT molecular complexity index is 592. The Kier molecular flexibility index (Phi) is 4.91. The van der Waals surface area contributed by atoms with E-state index in [2.05, 4.69) is 0 Å². The van der Waals surface area contributed by atoms with Crippen molar-refractivity contribution in [1.29, 1.82) is 0 Å². The molecule has 0 aliphatic carbocycles. The monoisotopic (exact) mass is 297 g/mol. The first-order chi connectivity index (χ1) is 9.60. The van der Waals surface area contributed by atoms with Crippen LogP contribution in [0.25, 0.3) is 10.9 Å². The second kappa shape index (κ2) is 6.48. The maximum Gasteiger partial charge on any atom is 0.120 e. The van der Waals surface area contributed by atoms with E-state index in [-0.39, 0.29) is 0 Å². The van der Waals surface area contributed by atoms with Crippen molar-refractivity contribution in [2.45, 2.75) is 26.5 Å². The zero-order chi connectivity index (χ0) is 14.7. The summed E-state index contributed by atoms with van der Waals surface area (Å²) in [5.74, 6) is 0.780. The van der Waals surface area contributed by atoms with E-state index in [0.29, 0.717) is 24.9 Å². The van der Waals surface area contributed by atoms with Gasteiger partial charge in [-0.25, -0.2) is 0 Å². The number of hydrogen-bond acceptors (Lipinski definition) is 3. The molecule has 1 heterocycles. The van der Waals surface area contributed by atoms with Gasteiger partial charge in [0.25, 0.3) is 0 Å². The summed E-state index contributed by atoms with van der Waals surface area (Å²) in [5, 5.41) is 11.5. The third-order valence-corrected chi connectivity index (χ3v) is 3.66. The molecule has 0 bridgehead atoms. The van der Waals surface area contributed by atoms with Gasteiger partial charge in [0.2, 0.25) is 0 Å². The Balaban J connectivity index is 2.59. The summed E-state index contributed by atoms with van der Waals surface area (Å²) in [6, 6.07) is 5.81. The normalized spacial score (nSPS) is 12.8. The lowest BCUT2D eigenvalue weighted by Gasteiger charge is -2.07. The molecule has 4 nitrogen and oxygen atoms in total. The fraction of sp³-hybridized carbons (Fsp3) is 0.467.